The average molecular weight is 403 g/mol. The number of nitrogens with one attached hydrogen (secondary N) is 2. The fraction of sp³-hybridized carbons (Fsp3) is 0.111. The summed E-state index contributed by atoms with van der Waals surface area (Å²) in [4.78, 5) is 16.3. The number of sulfonamides is 1. The number of amides is 1. The van der Waals surface area contributed by atoms with Crippen molar-refractivity contribution in [2.24, 2.45) is 7.05 Å². The van der Waals surface area contributed by atoms with Gasteiger partial charge in [0.05, 0.1) is 4.90 Å². The standard InChI is InChI=1S/C18H18N4O3S2/c1-13(23)20-14-5-9-17(10-6-14)27(24,25)21-15-3-7-16(8-4-15)26-18-19-11-12-22(18)2/h3-12,21H,1-2H3,(H,20,23). The second kappa shape index (κ2) is 7.85. The van der Waals surface area contributed by atoms with E-state index in [0.717, 1.165) is 10.1 Å². The van der Waals surface area contributed by atoms with Crippen molar-refractivity contribution in [1.82, 2.24) is 9.55 Å². The van der Waals surface area contributed by atoms with Gasteiger partial charge in [0.1, 0.15) is 0 Å². The van der Waals surface area contributed by atoms with Gasteiger partial charge in [-0.25, -0.2) is 13.4 Å². The smallest absolute Gasteiger partial charge is 0.261 e. The van der Waals surface area contributed by atoms with Crippen LogP contribution in [0.15, 0.2) is 75.9 Å². The molecule has 0 radical (unpaired) electrons. The van der Waals surface area contributed by atoms with Gasteiger partial charge >= 0.3 is 0 Å². The monoisotopic (exact) mass is 402 g/mol. The minimum atomic E-state index is -3.71. The topological polar surface area (TPSA) is 93.1 Å². The molecule has 2 aromatic carbocycles. The fourth-order valence-electron chi connectivity index (χ4n) is 2.28. The number of aryl methyl sites for hydroxylation is 1. The molecule has 0 aliphatic rings. The maximum absolute atomic E-state index is 12.5. The Balaban J connectivity index is 1.70. The van der Waals surface area contributed by atoms with Crippen molar-refractivity contribution in [2.75, 3.05) is 10.0 Å². The SMILES string of the molecule is CC(=O)Nc1ccc(S(=O)(=O)Nc2ccc(Sc3nccn3C)cc2)cc1. The first-order chi connectivity index (χ1) is 12.8. The average Bonchev–Trinajstić information content (AvgIpc) is 3.01. The van der Waals surface area contributed by atoms with Gasteiger partial charge in [0.2, 0.25) is 5.91 Å². The summed E-state index contributed by atoms with van der Waals surface area (Å²) in [5.41, 5.74) is 1.00. The molecule has 1 amide bonds. The highest BCUT2D eigenvalue weighted by molar-refractivity contribution is 7.99. The number of nitrogens with zero attached hydrogens (tertiary/aromatic N) is 2. The molecule has 7 nitrogen and oxygen atoms in total. The molecule has 0 spiro atoms. The molecule has 140 valence electrons. The Morgan fingerprint density at radius 3 is 2.22 bits per heavy atom. The van der Waals surface area contributed by atoms with Crippen molar-refractivity contribution < 1.29 is 13.2 Å². The van der Waals surface area contributed by atoms with Crippen LogP contribution in [0.2, 0.25) is 0 Å². The zero-order valence-corrected chi connectivity index (χ0v) is 16.3. The second-order valence-corrected chi connectivity index (χ2v) is 8.48. The lowest BCUT2D eigenvalue weighted by atomic mass is 10.3. The quantitative estimate of drug-likeness (QED) is 0.660. The predicted molar refractivity (Wildman–Crippen MR) is 105 cm³/mol. The molecule has 0 unspecified atom stereocenters. The van der Waals surface area contributed by atoms with Crippen LogP contribution >= 0.6 is 11.8 Å². The maximum atomic E-state index is 12.5. The lowest BCUT2D eigenvalue weighted by molar-refractivity contribution is -0.114. The maximum Gasteiger partial charge on any atom is 0.261 e. The van der Waals surface area contributed by atoms with Gasteiger partial charge in [-0.1, -0.05) is 11.8 Å². The summed E-state index contributed by atoms with van der Waals surface area (Å²) in [6, 6.07) is 13.0. The number of hydrogen-bond acceptors (Lipinski definition) is 5. The summed E-state index contributed by atoms with van der Waals surface area (Å²) in [7, 11) is -1.80. The van der Waals surface area contributed by atoms with Crippen molar-refractivity contribution in [3.05, 3.63) is 60.9 Å². The highest BCUT2D eigenvalue weighted by Gasteiger charge is 2.14. The fourth-order valence-corrected chi connectivity index (χ4v) is 4.14. The van der Waals surface area contributed by atoms with E-state index in [1.807, 2.05) is 29.9 Å². The summed E-state index contributed by atoms with van der Waals surface area (Å²) in [5.74, 6) is -0.216. The van der Waals surface area contributed by atoms with E-state index in [9.17, 15) is 13.2 Å². The highest BCUT2D eigenvalue weighted by atomic mass is 32.2. The lowest BCUT2D eigenvalue weighted by Crippen LogP contribution is -2.13. The largest absolute Gasteiger partial charge is 0.329 e. The Labute approximate surface area is 161 Å². The second-order valence-electron chi connectivity index (χ2n) is 5.76. The van der Waals surface area contributed by atoms with Crippen LogP contribution in [0.25, 0.3) is 0 Å². The molecule has 3 aromatic rings. The molecule has 0 saturated carbocycles. The van der Waals surface area contributed by atoms with Crippen LogP contribution in [-0.2, 0) is 21.9 Å². The number of rotatable bonds is 6. The van der Waals surface area contributed by atoms with E-state index in [1.54, 1.807) is 30.5 Å². The van der Waals surface area contributed by atoms with E-state index >= 15 is 0 Å². The minimum absolute atomic E-state index is 0.114. The molecule has 0 atom stereocenters. The van der Waals surface area contributed by atoms with Gasteiger partial charge in [0, 0.05) is 42.6 Å². The Morgan fingerprint density at radius 2 is 1.67 bits per heavy atom. The first kappa shape index (κ1) is 19.0. The molecule has 0 fully saturated rings. The number of carbonyl (C=O) groups is 1. The summed E-state index contributed by atoms with van der Waals surface area (Å²) in [6.07, 6.45) is 3.59. The molecule has 9 heteroatoms. The molecule has 0 aliphatic carbocycles. The molecule has 0 bridgehead atoms. The lowest BCUT2D eigenvalue weighted by Gasteiger charge is -2.10. The molecule has 2 N–H and O–H groups in total. The van der Waals surface area contributed by atoms with Gasteiger partial charge in [-0.3, -0.25) is 9.52 Å². The summed E-state index contributed by atoms with van der Waals surface area (Å²) >= 11 is 1.49. The third-order valence-corrected chi connectivity index (χ3v) is 6.06. The molecule has 0 saturated heterocycles. The van der Waals surface area contributed by atoms with Crippen LogP contribution < -0.4 is 10.0 Å². The Hall–Kier alpha value is -2.78. The van der Waals surface area contributed by atoms with Crippen LogP contribution in [0, 0.1) is 0 Å². The van der Waals surface area contributed by atoms with E-state index in [4.69, 9.17) is 0 Å². The number of carbonyl (C=O) groups excluding carboxylic acids is 1. The van der Waals surface area contributed by atoms with Gasteiger partial charge in [0.15, 0.2) is 5.16 Å². The van der Waals surface area contributed by atoms with E-state index in [1.165, 1.54) is 30.8 Å². The molecule has 0 aliphatic heterocycles. The van der Waals surface area contributed by atoms with E-state index < -0.39 is 10.0 Å². The molecular formula is C18H18N4O3S2. The number of imidazole rings is 1. The number of aromatic nitrogens is 2. The Morgan fingerprint density at radius 1 is 1.04 bits per heavy atom. The van der Waals surface area contributed by atoms with Gasteiger partial charge in [0.25, 0.3) is 10.0 Å². The van der Waals surface area contributed by atoms with Crippen molar-refractivity contribution in [3.8, 4) is 0 Å². The zero-order chi connectivity index (χ0) is 19.4. The molecule has 27 heavy (non-hydrogen) atoms. The third-order valence-electron chi connectivity index (χ3n) is 3.58. The van der Waals surface area contributed by atoms with Crippen LogP contribution in [-0.4, -0.2) is 23.9 Å². The van der Waals surface area contributed by atoms with Crippen molar-refractivity contribution in [3.63, 3.8) is 0 Å². The molecular weight excluding hydrogens is 384 g/mol. The number of hydrogen-bond donors (Lipinski definition) is 2. The zero-order valence-electron chi connectivity index (χ0n) is 14.7. The number of benzene rings is 2. The van der Waals surface area contributed by atoms with Crippen molar-refractivity contribution >= 4 is 39.1 Å². The van der Waals surface area contributed by atoms with Crippen molar-refractivity contribution in [1.29, 1.82) is 0 Å². The van der Waals surface area contributed by atoms with Crippen LogP contribution in [0.3, 0.4) is 0 Å². The molecule has 1 aromatic heterocycles. The first-order valence-electron chi connectivity index (χ1n) is 7.99. The minimum Gasteiger partial charge on any atom is -0.329 e. The highest BCUT2D eigenvalue weighted by Crippen LogP contribution is 2.27. The Kier molecular flexibility index (Phi) is 5.52. The third kappa shape index (κ3) is 4.89. The normalized spacial score (nSPS) is 11.2. The van der Waals surface area contributed by atoms with Gasteiger partial charge in [-0.2, -0.15) is 0 Å². The number of anilines is 2. The van der Waals surface area contributed by atoms with E-state index in [0.29, 0.717) is 11.4 Å². The van der Waals surface area contributed by atoms with Crippen LogP contribution in [0.4, 0.5) is 11.4 Å². The van der Waals surface area contributed by atoms with E-state index in [-0.39, 0.29) is 10.8 Å². The van der Waals surface area contributed by atoms with E-state index in [2.05, 4.69) is 15.0 Å². The van der Waals surface area contributed by atoms with Crippen LogP contribution in [0.1, 0.15) is 6.92 Å². The predicted octanol–water partition coefficient (Wildman–Crippen LogP) is 3.33. The molecule has 1 heterocycles. The van der Waals surface area contributed by atoms with Gasteiger partial charge < -0.3 is 9.88 Å². The molecule has 3 rings (SSSR count). The van der Waals surface area contributed by atoms with Crippen LogP contribution in [0.5, 0.6) is 0 Å². The Bertz CT molecular complexity index is 1040. The first-order valence-corrected chi connectivity index (χ1v) is 10.3. The summed E-state index contributed by atoms with van der Waals surface area (Å²) < 4.78 is 29.5. The summed E-state index contributed by atoms with van der Waals surface area (Å²) in [6.45, 7) is 1.39. The summed E-state index contributed by atoms with van der Waals surface area (Å²) in [5, 5.41) is 3.45. The van der Waals surface area contributed by atoms with Gasteiger partial charge in [-0.05, 0) is 48.5 Å². The van der Waals surface area contributed by atoms with Crippen molar-refractivity contribution in [2.45, 2.75) is 21.9 Å². The van der Waals surface area contributed by atoms with Gasteiger partial charge in [-0.15, -0.1) is 0 Å².